The Morgan fingerprint density at radius 3 is 2.42 bits per heavy atom. The molecule has 1 unspecified atom stereocenters. The third-order valence-corrected chi connectivity index (χ3v) is 4.05. The van der Waals surface area contributed by atoms with E-state index in [1.54, 1.807) is 0 Å². The van der Waals surface area contributed by atoms with Crippen LogP contribution < -0.4 is 10.2 Å². The van der Waals surface area contributed by atoms with Crippen molar-refractivity contribution >= 4 is 11.6 Å². The molecule has 0 aromatic heterocycles. The number of nitrogens with one attached hydrogen (secondary N) is 1. The molecule has 0 bridgehead atoms. The molecule has 2 rings (SSSR count). The second kappa shape index (κ2) is 4.97. The molecule has 0 spiro atoms. The number of hydrogen-bond donors (Lipinski definition) is 1. The highest BCUT2D eigenvalue weighted by Gasteiger charge is 2.38. The topological polar surface area (TPSA) is 32.3 Å². The van der Waals surface area contributed by atoms with Gasteiger partial charge >= 0.3 is 0 Å². The largest absolute Gasteiger partial charge is 0.306 e. The lowest BCUT2D eigenvalue weighted by Gasteiger charge is -2.39. The fourth-order valence-corrected chi connectivity index (χ4v) is 2.86. The number of carbonyl (C=O) groups excluding carboxylic acids is 1. The van der Waals surface area contributed by atoms with Crippen LogP contribution in [-0.4, -0.2) is 24.0 Å². The summed E-state index contributed by atoms with van der Waals surface area (Å²) in [7, 11) is 0. The zero-order chi connectivity index (χ0) is 14.2. The van der Waals surface area contributed by atoms with Crippen LogP contribution in [0.4, 0.5) is 5.69 Å². The Labute approximate surface area is 116 Å². The van der Waals surface area contributed by atoms with Crippen molar-refractivity contribution in [2.24, 2.45) is 0 Å². The normalized spacial score (nSPS) is 23.3. The summed E-state index contributed by atoms with van der Waals surface area (Å²) in [6, 6.07) is 6.08. The number of anilines is 1. The second-order valence-corrected chi connectivity index (χ2v) is 6.15. The highest BCUT2D eigenvalue weighted by Crippen LogP contribution is 2.34. The lowest BCUT2D eigenvalue weighted by atomic mass is 9.95. The second-order valence-electron chi connectivity index (χ2n) is 6.15. The molecule has 1 heterocycles. The minimum Gasteiger partial charge on any atom is -0.306 e. The molecule has 3 heteroatoms. The standard InChI is InChI=1S/C16H24N2O/c1-11-7-6-8-12(2)14(11)18-15(19)13(3)17-10-9-16(18,4)5/h6-8,13,17H,9-10H2,1-5H3. The monoisotopic (exact) mass is 260 g/mol. The quantitative estimate of drug-likeness (QED) is 0.842. The Morgan fingerprint density at radius 2 is 1.84 bits per heavy atom. The third-order valence-electron chi connectivity index (χ3n) is 4.05. The number of amides is 1. The van der Waals surface area contributed by atoms with Crippen molar-refractivity contribution in [3.8, 4) is 0 Å². The van der Waals surface area contributed by atoms with Gasteiger partial charge in [0.05, 0.1) is 11.7 Å². The Balaban J connectivity index is 2.57. The molecule has 1 amide bonds. The van der Waals surface area contributed by atoms with Gasteiger partial charge in [0, 0.05) is 5.54 Å². The molecule has 1 fully saturated rings. The third kappa shape index (κ3) is 2.52. The van der Waals surface area contributed by atoms with E-state index >= 15 is 0 Å². The number of rotatable bonds is 1. The zero-order valence-electron chi connectivity index (χ0n) is 12.6. The fourth-order valence-electron chi connectivity index (χ4n) is 2.86. The van der Waals surface area contributed by atoms with Crippen LogP contribution in [0.2, 0.25) is 0 Å². The molecule has 1 atom stereocenters. The molecule has 0 saturated carbocycles. The van der Waals surface area contributed by atoms with E-state index in [1.165, 1.54) is 0 Å². The Morgan fingerprint density at radius 1 is 1.26 bits per heavy atom. The lowest BCUT2D eigenvalue weighted by Crippen LogP contribution is -2.51. The summed E-state index contributed by atoms with van der Waals surface area (Å²) in [6.07, 6.45) is 0.955. The van der Waals surface area contributed by atoms with Gasteiger partial charge in [-0.15, -0.1) is 0 Å². The van der Waals surface area contributed by atoms with Crippen LogP contribution in [0.25, 0.3) is 0 Å². The summed E-state index contributed by atoms with van der Waals surface area (Å²) < 4.78 is 0. The minimum absolute atomic E-state index is 0.124. The van der Waals surface area contributed by atoms with E-state index in [9.17, 15) is 4.79 Å². The molecule has 3 nitrogen and oxygen atoms in total. The lowest BCUT2D eigenvalue weighted by molar-refractivity contribution is -0.120. The van der Waals surface area contributed by atoms with Crippen molar-refractivity contribution in [3.63, 3.8) is 0 Å². The average Bonchev–Trinajstić information content (AvgIpc) is 2.40. The molecular formula is C16H24N2O. The zero-order valence-corrected chi connectivity index (χ0v) is 12.6. The number of hydrogen-bond acceptors (Lipinski definition) is 2. The van der Waals surface area contributed by atoms with Gasteiger partial charge < -0.3 is 10.2 Å². The van der Waals surface area contributed by atoms with E-state index in [-0.39, 0.29) is 17.5 Å². The van der Waals surface area contributed by atoms with E-state index in [4.69, 9.17) is 0 Å². The maximum absolute atomic E-state index is 12.7. The predicted octanol–water partition coefficient (Wildman–Crippen LogP) is 2.80. The van der Waals surface area contributed by atoms with Gasteiger partial charge in [-0.05, 0) is 58.7 Å². The summed E-state index contributed by atoms with van der Waals surface area (Å²) in [5.41, 5.74) is 3.24. The molecule has 1 aromatic carbocycles. The summed E-state index contributed by atoms with van der Waals surface area (Å²) >= 11 is 0. The molecule has 0 aliphatic carbocycles. The molecule has 0 radical (unpaired) electrons. The summed E-state index contributed by atoms with van der Waals surface area (Å²) in [5.74, 6) is 0.167. The van der Waals surface area contributed by atoms with Crippen LogP contribution in [0.5, 0.6) is 0 Å². The van der Waals surface area contributed by atoms with E-state index < -0.39 is 0 Å². The summed E-state index contributed by atoms with van der Waals surface area (Å²) in [6.45, 7) is 11.3. The van der Waals surface area contributed by atoms with Crippen LogP contribution in [0.1, 0.15) is 38.3 Å². The highest BCUT2D eigenvalue weighted by atomic mass is 16.2. The first kappa shape index (κ1) is 14.1. The van der Waals surface area contributed by atoms with E-state index in [2.05, 4.69) is 45.1 Å². The van der Waals surface area contributed by atoms with Gasteiger partial charge in [0.1, 0.15) is 0 Å². The first-order valence-corrected chi connectivity index (χ1v) is 6.98. The molecule has 1 saturated heterocycles. The molecule has 1 N–H and O–H groups in total. The number of carbonyl (C=O) groups is 1. The molecule has 104 valence electrons. The minimum atomic E-state index is -0.161. The van der Waals surface area contributed by atoms with Crippen LogP contribution in [0.15, 0.2) is 18.2 Å². The SMILES string of the molecule is Cc1cccc(C)c1N1C(=O)C(C)NCCC1(C)C. The fraction of sp³-hybridized carbons (Fsp3) is 0.562. The van der Waals surface area contributed by atoms with Gasteiger partial charge in [-0.25, -0.2) is 0 Å². The highest BCUT2D eigenvalue weighted by molar-refractivity contribution is 5.99. The molecular weight excluding hydrogens is 236 g/mol. The van der Waals surface area contributed by atoms with Gasteiger partial charge in [0.15, 0.2) is 0 Å². The van der Waals surface area contributed by atoms with Crippen molar-refractivity contribution in [2.45, 2.75) is 52.6 Å². The van der Waals surface area contributed by atoms with Crippen molar-refractivity contribution in [1.29, 1.82) is 0 Å². The molecule has 1 aliphatic rings. The van der Waals surface area contributed by atoms with Gasteiger partial charge in [0.25, 0.3) is 0 Å². The smallest absolute Gasteiger partial charge is 0.244 e. The van der Waals surface area contributed by atoms with Crippen molar-refractivity contribution < 1.29 is 4.79 Å². The molecule has 1 aliphatic heterocycles. The van der Waals surface area contributed by atoms with Crippen molar-refractivity contribution in [2.75, 3.05) is 11.4 Å². The Hall–Kier alpha value is -1.35. The number of benzene rings is 1. The summed E-state index contributed by atoms with van der Waals surface area (Å²) in [5, 5.41) is 3.30. The van der Waals surface area contributed by atoms with Crippen LogP contribution in [-0.2, 0) is 4.79 Å². The number of aryl methyl sites for hydroxylation is 2. The van der Waals surface area contributed by atoms with E-state index in [0.29, 0.717) is 0 Å². The summed E-state index contributed by atoms with van der Waals surface area (Å²) in [4.78, 5) is 14.7. The number of para-hydroxylation sites is 1. The van der Waals surface area contributed by atoms with Gasteiger partial charge in [-0.2, -0.15) is 0 Å². The van der Waals surface area contributed by atoms with E-state index in [0.717, 1.165) is 29.8 Å². The predicted molar refractivity (Wildman–Crippen MR) is 79.6 cm³/mol. The number of nitrogens with zero attached hydrogens (tertiary/aromatic N) is 1. The average molecular weight is 260 g/mol. The van der Waals surface area contributed by atoms with Gasteiger partial charge in [-0.3, -0.25) is 4.79 Å². The molecule has 1 aromatic rings. The maximum Gasteiger partial charge on any atom is 0.244 e. The van der Waals surface area contributed by atoms with Crippen LogP contribution >= 0.6 is 0 Å². The van der Waals surface area contributed by atoms with Crippen LogP contribution in [0.3, 0.4) is 0 Å². The van der Waals surface area contributed by atoms with Crippen LogP contribution in [0, 0.1) is 13.8 Å². The first-order chi connectivity index (χ1) is 8.84. The van der Waals surface area contributed by atoms with Crippen molar-refractivity contribution in [3.05, 3.63) is 29.3 Å². The maximum atomic E-state index is 12.7. The Kier molecular flexibility index (Phi) is 3.68. The first-order valence-electron chi connectivity index (χ1n) is 6.98. The Bertz CT molecular complexity index is 473. The van der Waals surface area contributed by atoms with Crippen molar-refractivity contribution in [1.82, 2.24) is 5.32 Å². The molecule has 19 heavy (non-hydrogen) atoms. The van der Waals surface area contributed by atoms with Gasteiger partial charge in [-0.1, -0.05) is 18.2 Å². The van der Waals surface area contributed by atoms with Gasteiger partial charge in [0.2, 0.25) is 5.91 Å². The van der Waals surface area contributed by atoms with E-state index in [1.807, 2.05) is 17.9 Å².